The third-order valence-electron chi connectivity index (χ3n) is 2.13. The minimum atomic E-state index is -0.435. The summed E-state index contributed by atoms with van der Waals surface area (Å²) in [4.78, 5) is 22.2. The molecule has 0 aromatic rings. The molecule has 0 spiro atoms. The molecule has 0 radical (unpaired) electrons. The molecule has 1 atom stereocenters. The Labute approximate surface area is 77.3 Å². The average Bonchev–Trinajstić information content (AvgIpc) is 2.19. The fourth-order valence-electron chi connectivity index (χ4n) is 1.35. The van der Waals surface area contributed by atoms with Gasteiger partial charge in [0.05, 0.1) is 5.92 Å². The zero-order valence-corrected chi connectivity index (χ0v) is 7.72. The summed E-state index contributed by atoms with van der Waals surface area (Å²) in [5.74, 6) is -0.252. The van der Waals surface area contributed by atoms with Crippen LogP contribution in [0.3, 0.4) is 0 Å². The molecule has 1 fully saturated rings. The molecule has 5 nitrogen and oxygen atoms in total. The molecular weight excluding hydrogens is 170 g/mol. The van der Waals surface area contributed by atoms with Crippen molar-refractivity contribution >= 4 is 11.9 Å². The zero-order chi connectivity index (χ0) is 9.68. The molecule has 1 aliphatic rings. The Morgan fingerprint density at radius 1 is 1.46 bits per heavy atom. The number of carbonyl (C=O) groups excluding carboxylic acids is 2. The van der Waals surface area contributed by atoms with E-state index in [0.717, 1.165) is 19.4 Å². The van der Waals surface area contributed by atoms with Crippen LogP contribution in [0.25, 0.3) is 0 Å². The number of urea groups is 1. The minimum Gasteiger partial charge on any atom is -0.341 e. The third-order valence-corrected chi connectivity index (χ3v) is 2.13. The molecule has 0 aromatic heterocycles. The normalized spacial score (nSPS) is 22.1. The molecule has 5 heteroatoms. The fraction of sp³-hybridized carbons (Fsp3) is 0.750. The van der Waals surface area contributed by atoms with Gasteiger partial charge in [-0.05, 0) is 19.4 Å². The number of rotatable bonds is 1. The molecule has 74 valence electrons. The number of amides is 3. The fourth-order valence-corrected chi connectivity index (χ4v) is 1.35. The van der Waals surface area contributed by atoms with Crippen molar-refractivity contribution < 1.29 is 9.59 Å². The van der Waals surface area contributed by atoms with E-state index >= 15 is 0 Å². The Morgan fingerprint density at radius 3 is 2.77 bits per heavy atom. The second-order valence-electron chi connectivity index (χ2n) is 3.11. The lowest BCUT2D eigenvalue weighted by molar-refractivity contribution is -0.124. The number of hydrogen-bond donors (Lipinski definition) is 3. The SMILES string of the molecule is CNC(=O)NC(=O)C1CCCNC1. The Bertz CT molecular complexity index is 200. The molecule has 13 heavy (non-hydrogen) atoms. The van der Waals surface area contributed by atoms with Gasteiger partial charge in [-0.2, -0.15) is 0 Å². The van der Waals surface area contributed by atoms with Gasteiger partial charge in [-0.3, -0.25) is 10.1 Å². The number of piperidine rings is 1. The highest BCUT2D eigenvalue weighted by atomic mass is 16.2. The van der Waals surface area contributed by atoms with Crippen LogP contribution >= 0.6 is 0 Å². The van der Waals surface area contributed by atoms with Crippen LogP contribution in [0.1, 0.15) is 12.8 Å². The largest absolute Gasteiger partial charge is 0.341 e. The Kier molecular flexibility index (Phi) is 3.70. The van der Waals surface area contributed by atoms with E-state index < -0.39 is 6.03 Å². The Balaban J connectivity index is 2.33. The maximum absolute atomic E-state index is 11.4. The van der Waals surface area contributed by atoms with Gasteiger partial charge in [-0.25, -0.2) is 4.79 Å². The van der Waals surface area contributed by atoms with E-state index in [2.05, 4.69) is 16.0 Å². The van der Waals surface area contributed by atoms with Crippen molar-refractivity contribution in [1.29, 1.82) is 0 Å². The van der Waals surface area contributed by atoms with Crippen molar-refractivity contribution in [3.05, 3.63) is 0 Å². The second-order valence-corrected chi connectivity index (χ2v) is 3.11. The Hall–Kier alpha value is -1.10. The van der Waals surface area contributed by atoms with E-state index in [-0.39, 0.29) is 11.8 Å². The third kappa shape index (κ3) is 3.02. The van der Waals surface area contributed by atoms with Gasteiger partial charge in [-0.15, -0.1) is 0 Å². The van der Waals surface area contributed by atoms with Crippen molar-refractivity contribution in [2.45, 2.75) is 12.8 Å². The quantitative estimate of drug-likeness (QED) is 0.513. The van der Waals surface area contributed by atoms with Crippen LogP contribution in [0.4, 0.5) is 4.79 Å². The van der Waals surface area contributed by atoms with Crippen molar-refractivity contribution in [1.82, 2.24) is 16.0 Å². The van der Waals surface area contributed by atoms with Gasteiger partial charge >= 0.3 is 6.03 Å². The predicted octanol–water partition coefficient (Wildman–Crippen LogP) is -0.558. The first-order valence-corrected chi connectivity index (χ1v) is 4.47. The molecule has 0 aromatic carbocycles. The molecule has 3 N–H and O–H groups in total. The lowest BCUT2D eigenvalue weighted by Crippen LogP contribution is -2.45. The summed E-state index contributed by atoms with van der Waals surface area (Å²) >= 11 is 0. The summed E-state index contributed by atoms with van der Waals surface area (Å²) in [6, 6.07) is -0.435. The summed E-state index contributed by atoms with van der Waals surface area (Å²) in [5.41, 5.74) is 0. The number of carbonyl (C=O) groups is 2. The van der Waals surface area contributed by atoms with Crippen LogP contribution in [0.2, 0.25) is 0 Å². The molecule has 0 bridgehead atoms. The van der Waals surface area contributed by atoms with Gasteiger partial charge < -0.3 is 10.6 Å². The highest BCUT2D eigenvalue weighted by Gasteiger charge is 2.21. The van der Waals surface area contributed by atoms with Gasteiger partial charge in [0.2, 0.25) is 5.91 Å². The van der Waals surface area contributed by atoms with Crippen LogP contribution in [-0.2, 0) is 4.79 Å². The first-order valence-electron chi connectivity index (χ1n) is 4.47. The van der Waals surface area contributed by atoms with E-state index in [1.54, 1.807) is 0 Å². The van der Waals surface area contributed by atoms with Crippen LogP contribution in [0.15, 0.2) is 0 Å². The maximum atomic E-state index is 11.4. The molecule has 1 rings (SSSR count). The molecule has 3 amide bonds. The lowest BCUT2D eigenvalue weighted by atomic mass is 9.99. The monoisotopic (exact) mass is 185 g/mol. The minimum absolute atomic E-state index is 0.0638. The van der Waals surface area contributed by atoms with Crippen LogP contribution in [-0.4, -0.2) is 32.1 Å². The smallest absolute Gasteiger partial charge is 0.321 e. The van der Waals surface area contributed by atoms with Gasteiger partial charge in [0, 0.05) is 13.6 Å². The Morgan fingerprint density at radius 2 is 2.23 bits per heavy atom. The van der Waals surface area contributed by atoms with E-state index in [4.69, 9.17) is 0 Å². The van der Waals surface area contributed by atoms with Crippen LogP contribution in [0, 0.1) is 5.92 Å². The number of hydrogen-bond acceptors (Lipinski definition) is 3. The molecule has 1 unspecified atom stereocenters. The van der Waals surface area contributed by atoms with Gasteiger partial charge in [0.1, 0.15) is 0 Å². The number of imide groups is 1. The van der Waals surface area contributed by atoms with E-state index in [9.17, 15) is 9.59 Å². The molecule has 1 saturated heterocycles. The topological polar surface area (TPSA) is 70.2 Å². The number of nitrogens with one attached hydrogen (secondary N) is 3. The van der Waals surface area contributed by atoms with E-state index in [1.807, 2.05) is 0 Å². The second kappa shape index (κ2) is 4.81. The zero-order valence-electron chi connectivity index (χ0n) is 7.72. The molecule has 0 aliphatic carbocycles. The standard InChI is InChI=1S/C8H15N3O2/c1-9-8(13)11-7(12)6-3-2-4-10-5-6/h6,10H,2-5H2,1H3,(H2,9,11,12,13). The predicted molar refractivity (Wildman–Crippen MR) is 48.2 cm³/mol. The highest BCUT2D eigenvalue weighted by molar-refractivity contribution is 5.95. The summed E-state index contributed by atoms with van der Waals surface area (Å²) in [5, 5.41) is 7.73. The van der Waals surface area contributed by atoms with Crippen molar-refractivity contribution in [2.75, 3.05) is 20.1 Å². The first kappa shape index (κ1) is 9.98. The van der Waals surface area contributed by atoms with Gasteiger partial charge in [-0.1, -0.05) is 0 Å². The van der Waals surface area contributed by atoms with Crippen molar-refractivity contribution in [3.63, 3.8) is 0 Å². The highest BCUT2D eigenvalue weighted by Crippen LogP contribution is 2.09. The molecule has 1 heterocycles. The summed E-state index contributed by atoms with van der Waals surface area (Å²) in [7, 11) is 1.49. The van der Waals surface area contributed by atoms with Crippen molar-refractivity contribution in [2.24, 2.45) is 5.92 Å². The van der Waals surface area contributed by atoms with E-state index in [1.165, 1.54) is 7.05 Å². The van der Waals surface area contributed by atoms with Crippen LogP contribution in [0.5, 0.6) is 0 Å². The first-order chi connectivity index (χ1) is 6.24. The van der Waals surface area contributed by atoms with E-state index in [0.29, 0.717) is 6.54 Å². The molecule has 0 saturated carbocycles. The van der Waals surface area contributed by atoms with Gasteiger partial charge in [0.25, 0.3) is 0 Å². The molecule has 1 aliphatic heterocycles. The lowest BCUT2D eigenvalue weighted by Gasteiger charge is -2.21. The van der Waals surface area contributed by atoms with Gasteiger partial charge in [0.15, 0.2) is 0 Å². The summed E-state index contributed by atoms with van der Waals surface area (Å²) < 4.78 is 0. The maximum Gasteiger partial charge on any atom is 0.321 e. The summed E-state index contributed by atoms with van der Waals surface area (Å²) in [6.07, 6.45) is 1.85. The van der Waals surface area contributed by atoms with Crippen molar-refractivity contribution in [3.8, 4) is 0 Å². The summed E-state index contributed by atoms with van der Waals surface area (Å²) in [6.45, 7) is 1.63. The van der Waals surface area contributed by atoms with Crippen LogP contribution < -0.4 is 16.0 Å². The average molecular weight is 185 g/mol. The molecular formula is C8H15N3O2.